The summed E-state index contributed by atoms with van der Waals surface area (Å²) in [6, 6.07) is 9.78. The number of rotatable bonds is 2. The molecule has 3 heteroatoms. The highest BCUT2D eigenvalue weighted by molar-refractivity contribution is 5.92. The molecule has 0 aromatic heterocycles. The van der Waals surface area contributed by atoms with Gasteiger partial charge in [0.05, 0.1) is 0 Å². The van der Waals surface area contributed by atoms with Crippen LogP contribution in [0.15, 0.2) is 30.3 Å². The molecule has 1 aromatic rings. The van der Waals surface area contributed by atoms with Gasteiger partial charge < -0.3 is 11.1 Å². The predicted molar refractivity (Wildman–Crippen MR) is 65.0 cm³/mol. The molecule has 0 aliphatic heterocycles. The number of nitrogens with two attached hydrogens (primary N) is 1. The molecule has 0 heterocycles. The van der Waals surface area contributed by atoms with E-state index in [1.165, 1.54) is 0 Å². The predicted octanol–water partition coefficient (Wildman–Crippen LogP) is 2.14. The van der Waals surface area contributed by atoms with Gasteiger partial charge in [0.2, 0.25) is 5.91 Å². The molecule has 1 fully saturated rings. The summed E-state index contributed by atoms with van der Waals surface area (Å²) in [7, 11) is 0. The minimum atomic E-state index is 0.0870. The second-order valence-corrected chi connectivity index (χ2v) is 4.48. The fourth-order valence-electron chi connectivity index (χ4n) is 2.23. The van der Waals surface area contributed by atoms with Crippen LogP contribution in [0.3, 0.4) is 0 Å². The Morgan fingerprint density at radius 2 is 2.00 bits per heavy atom. The third-order valence-electron chi connectivity index (χ3n) is 3.13. The van der Waals surface area contributed by atoms with Gasteiger partial charge in [0.1, 0.15) is 0 Å². The summed E-state index contributed by atoms with van der Waals surface area (Å²) in [5.41, 5.74) is 6.74. The molecule has 1 saturated carbocycles. The van der Waals surface area contributed by atoms with E-state index in [4.69, 9.17) is 5.73 Å². The molecule has 3 N–H and O–H groups in total. The second kappa shape index (κ2) is 5.12. The lowest BCUT2D eigenvalue weighted by Crippen LogP contribution is -2.34. The average molecular weight is 218 g/mol. The summed E-state index contributed by atoms with van der Waals surface area (Å²) in [5.74, 6) is 0.199. The van der Waals surface area contributed by atoms with Gasteiger partial charge in [-0.05, 0) is 31.4 Å². The van der Waals surface area contributed by atoms with Crippen LogP contribution in [0.1, 0.15) is 25.7 Å². The van der Waals surface area contributed by atoms with Gasteiger partial charge >= 0.3 is 0 Å². The van der Waals surface area contributed by atoms with Crippen LogP contribution in [-0.4, -0.2) is 11.9 Å². The van der Waals surface area contributed by atoms with Crippen LogP contribution in [0.25, 0.3) is 0 Å². The van der Waals surface area contributed by atoms with Gasteiger partial charge in [0.25, 0.3) is 0 Å². The molecule has 2 atom stereocenters. The smallest absolute Gasteiger partial charge is 0.227 e. The van der Waals surface area contributed by atoms with Gasteiger partial charge in [0, 0.05) is 17.6 Å². The quantitative estimate of drug-likeness (QED) is 0.799. The van der Waals surface area contributed by atoms with Crippen LogP contribution in [0, 0.1) is 5.92 Å². The van der Waals surface area contributed by atoms with Crippen molar-refractivity contribution in [2.45, 2.75) is 31.7 Å². The van der Waals surface area contributed by atoms with E-state index < -0.39 is 0 Å². The maximum absolute atomic E-state index is 11.9. The van der Waals surface area contributed by atoms with Crippen LogP contribution in [-0.2, 0) is 4.79 Å². The van der Waals surface area contributed by atoms with Crippen LogP contribution >= 0.6 is 0 Å². The molecule has 0 saturated heterocycles. The van der Waals surface area contributed by atoms with Gasteiger partial charge in [-0.15, -0.1) is 0 Å². The Morgan fingerprint density at radius 1 is 1.25 bits per heavy atom. The first-order valence-corrected chi connectivity index (χ1v) is 5.87. The van der Waals surface area contributed by atoms with E-state index in [0.29, 0.717) is 0 Å². The summed E-state index contributed by atoms with van der Waals surface area (Å²) >= 11 is 0. The molecule has 2 rings (SSSR count). The Bertz CT molecular complexity index is 350. The Balaban J connectivity index is 1.93. The second-order valence-electron chi connectivity index (χ2n) is 4.48. The average Bonchev–Trinajstić information content (AvgIpc) is 2.30. The molecule has 1 aliphatic carbocycles. The van der Waals surface area contributed by atoms with Gasteiger partial charge in [-0.3, -0.25) is 4.79 Å². The van der Waals surface area contributed by atoms with E-state index >= 15 is 0 Å². The number of para-hydroxylation sites is 1. The fraction of sp³-hybridized carbons (Fsp3) is 0.462. The van der Waals surface area contributed by atoms with Crippen LogP contribution < -0.4 is 11.1 Å². The molecule has 2 unspecified atom stereocenters. The van der Waals surface area contributed by atoms with Crippen molar-refractivity contribution < 1.29 is 4.79 Å². The summed E-state index contributed by atoms with van der Waals surface area (Å²) < 4.78 is 0. The van der Waals surface area contributed by atoms with E-state index in [9.17, 15) is 4.79 Å². The molecule has 86 valence electrons. The van der Waals surface area contributed by atoms with Crippen molar-refractivity contribution in [3.8, 4) is 0 Å². The standard InChI is InChI=1S/C13H18N2O/c14-11-6-4-5-10(9-11)13(16)15-12-7-2-1-3-8-12/h1-3,7-8,10-11H,4-6,9,14H2,(H,15,16). The van der Waals surface area contributed by atoms with E-state index in [1.54, 1.807) is 0 Å². The highest BCUT2D eigenvalue weighted by atomic mass is 16.1. The molecule has 16 heavy (non-hydrogen) atoms. The normalized spacial score (nSPS) is 25.1. The lowest BCUT2D eigenvalue weighted by Gasteiger charge is -2.25. The van der Waals surface area contributed by atoms with E-state index in [2.05, 4.69) is 5.32 Å². The van der Waals surface area contributed by atoms with Crippen LogP contribution in [0.2, 0.25) is 0 Å². The maximum Gasteiger partial charge on any atom is 0.227 e. The first-order valence-electron chi connectivity index (χ1n) is 5.87. The molecule has 1 aliphatic rings. The van der Waals surface area contributed by atoms with Crippen molar-refractivity contribution in [1.82, 2.24) is 0 Å². The van der Waals surface area contributed by atoms with Gasteiger partial charge in [-0.25, -0.2) is 0 Å². The minimum Gasteiger partial charge on any atom is -0.328 e. The zero-order chi connectivity index (χ0) is 11.4. The van der Waals surface area contributed by atoms with Crippen LogP contribution in [0.4, 0.5) is 5.69 Å². The Morgan fingerprint density at radius 3 is 2.69 bits per heavy atom. The molecule has 3 nitrogen and oxygen atoms in total. The van der Waals surface area contributed by atoms with Gasteiger partial charge in [-0.2, -0.15) is 0 Å². The molecule has 1 amide bonds. The Labute approximate surface area is 96.0 Å². The number of amides is 1. The molecular formula is C13H18N2O. The molecule has 0 radical (unpaired) electrons. The van der Waals surface area contributed by atoms with Crippen molar-refractivity contribution in [3.63, 3.8) is 0 Å². The summed E-state index contributed by atoms with van der Waals surface area (Å²) in [4.78, 5) is 11.9. The van der Waals surface area contributed by atoms with Gasteiger partial charge in [-0.1, -0.05) is 24.6 Å². The van der Waals surface area contributed by atoms with Crippen molar-refractivity contribution >= 4 is 11.6 Å². The number of anilines is 1. The topological polar surface area (TPSA) is 55.1 Å². The minimum absolute atomic E-state index is 0.0870. The number of hydrogen-bond donors (Lipinski definition) is 2. The monoisotopic (exact) mass is 218 g/mol. The number of hydrogen-bond acceptors (Lipinski definition) is 2. The zero-order valence-corrected chi connectivity index (χ0v) is 9.36. The van der Waals surface area contributed by atoms with Crippen molar-refractivity contribution in [2.24, 2.45) is 11.7 Å². The first-order chi connectivity index (χ1) is 7.75. The van der Waals surface area contributed by atoms with Crippen molar-refractivity contribution in [1.29, 1.82) is 0 Å². The van der Waals surface area contributed by atoms with E-state index in [0.717, 1.165) is 31.4 Å². The highest BCUT2D eigenvalue weighted by Gasteiger charge is 2.25. The number of nitrogens with one attached hydrogen (secondary N) is 1. The Kier molecular flexibility index (Phi) is 3.57. The summed E-state index contributed by atoms with van der Waals surface area (Å²) in [6.45, 7) is 0. The number of carbonyl (C=O) groups is 1. The van der Waals surface area contributed by atoms with Gasteiger partial charge in [0.15, 0.2) is 0 Å². The van der Waals surface area contributed by atoms with Crippen LogP contribution in [0.5, 0.6) is 0 Å². The Hall–Kier alpha value is -1.35. The summed E-state index contributed by atoms with van der Waals surface area (Å²) in [6.07, 6.45) is 3.90. The maximum atomic E-state index is 11.9. The fourth-order valence-corrected chi connectivity index (χ4v) is 2.23. The number of carbonyl (C=O) groups excluding carboxylic acids is 1. The van der Waals surface area contributed by atoms with Crippen molar-refractivity contribution in [2.75, 3.05) is 5.32 Å². The number of benzene rings is 1. The van der Waals surface area contributed by atoms with E-state index in [1.807, 2.05) is 30.3 Å². The third-order valence-corrected chi connectivity index (χ3v) is 3.13. The van der Waals surface area contributed by atoms with Crippen molar-refractivity contribution in [3.05, 3.63) is 30.3 Å². The molecule has 0 spiro atoms. The SMILES string of the molecule is NC1CCCC(C(=O)Nc2ccccc2)C1. The third kappa shape index (κ3) is 2.83. The largest absolute Gasteiger partial charge is 0.328 e. The van der Waals surface area contributed by atoms with E-state index in [-0.39, 0.29) is 17.9 Å². The summed E-state index contributed by atoms with van der Waals surface area (Å²) in [5, 5.41) is 2.94. The highest BCUT2D eigenvalue weighted by Crippen LogP contribution is 2.24. The molecule has 0 bridgehead atoms. The zero-order valence-electron chi connectivity index (χ0n) is 9.36. The molecule has 1 aromatic carbocycles. The lowest BCUT2D eigenvalue weighted by molar-refractivity contribution is -0.120. The first kappa shape index (κ1) is 11.1. The molecular weight excluding hydrogens is 200 g/mol. The lowest BCUT2D eigenvalue weighted by atomic mass is 9.85.